The zero-order valence-electron chi connectivity index (χ0n) is 10.6. The van der Waals surface area contributed by atoms with Gasteiger partial charge in [-0.05, 0) is 37.1 Å². The lowest BCUT2D eigenvalue weighted by Crippen LogP contribution is -1.98. The van der Waals surface area contributed by atoms with E-state index in [2.05, 4.69) is 4.98 Å². The molecule has 0 bridgehead atoms. The van der Waals surface area contributed by atoms with E-state index in [9.17, 15) is 5.11 Å². The van der Waals surface area contributed by atoms with Crippen molar-refractivity contribution in [1.82, 2.24) is 4.98 Å². The molecule has 0 amide bonds. The van der Waals surface area contributed by atoms with Crippen molar-refractivity contribution in [2.24, 2.45) is 0 Å². The highest BCUT2D eigenvalue weighted by molar-refractivity contribution is 5.36. The van der Waals surface area contributed by atoms with Gasteiger partial charge in [0.2, 0.25) is 0 Å². The summed E-state index contributed by atoms with van der Waals surface area (Å²) < 4.78 is 5.73. The molecule has 3 heteroatoms. The molecule has 1 N–H and O–H groups in total. The maximum Gasteiger partial charge on any atom is 0.145 e. The van der Waals surface area contributed by atoms with E-state index in [1.54, 1.807) is 12.3 Å². The van der Waals surface area contributed by atoms with Crippen LogP contribution in [-0.4, -0.2) is 10.1 Å². The Morgan fingerprint density at radius 2 is 2.00 bits per heavy atom. The molecule has 0 aliphatic rings. The lowest BCUT2D eigenvalue weighted by molar-refractivity contribution is 0.169. The number of pyridine rings is 1. The van der Waals surface area contributed by atoms with E-state index in [1.807, 2.05) is 44.2 Å². The Morgan fingerprint density at radius 1 is 1.22 bits per heavy atom. The second kappa shape index (κ2) is 5.65. The third-order valence-corrected chi connectivity index (χ3v) is 2.81. The molecule has 0 saturated heterocycles. The molecule has 1 atom stereocenters. The normalized spacial score (nSPS) is 12.2. The fraction of sp³-hybridized carbons (Fsp3) is 0.267. The monoisotopic (exact) mass is 243 g/mol. The second-order valence-corrected chi connectivity index (χ2v) is 4.21. The minimum Gasteiger partial charge on any atom is -0.455 e. The molecule has 0 aliphatic carbocycles. The van der Waals surface area contributed by atoms with Crippen LogP contribution in [-0.2, 0) is 0 Å². The molecular weight excluding hydrogens is 226 g/mol. The van der Waals surface area contributed by atoms with Crippen LogP contribution in [0.1, 0.15) is 30.7 Å². The average Bonchev–Trinajstić information content (AvgIpc) is 2.41. The number of nitrogens with zero attached hydrogens (tertiary/aromatic N) is 1. The maximum absolute atomic E-state index is 9.65. The fourth-order valence-corrected chi connectivity index (χ4v) is 1.66. The van der Waals surface area contributed by atoms with E-state index >= 15 is 0 Å². The van der Waals surface area contributed by atoms with Crippen molar-refractivity contribution >= 4 is 0 Å². The number of aliphatic hydroxyl groups excluding tert-OH is 1. The molecule has 94 valence electrons. The van der Waals surface area contributed by atoms with Crippen LogP contribution in [0.25, 0.3) is 0 Å². The summed E-state index contributed by atoms with van der Waals surface area (Å²) >= 11 is 0. The predicted molar refractivity (Wildman–Crippen MR) is 70.7 cm³/mol. The van der Waals surface area contributed by atoms with Crippen molar-refractivity contribution in [3.8, 4) is 11.5 Å². The third-order valence-electron chi connectivity index (χ3n) is 2.81. The van der Waals surface area contributed by atoms with Crippen LogP contribution in [0.3, 0.4) is 0 Å². The van der Waals surface area contributed by atoms with E-state index < -0.39 is 6.10 Å². The number of aromatic nitrogens is 1. The number of aliphatic hydroxyl groups is 1. The Hall–Kier alpha value is -1.87. The van der Waals surface area contributed by atoms with Gasteiger partial charge in [-0.2, -0.15) is 0 Å². The average molecular weight is 243 g/mol. The Morgan fingerprint density at radius 3 is 2.61 bits per heavy atom. The molecule has 18 heavy (non-hydrogen) atoms. The first-order valence-electron chi connectivity index (χ1n) is 6.08. The van der Waals surface area contributed by atoms with Crippen molar-refractivity contribution in [3.63, 3.8) is 0 Å². The molecular formula is C15H17NO2. The van der Waals surface area contributed by atoms with Crippen molar-refractivity contribution in [2.75, 3.05) is 0 Å². The van der Waals surface area contributed by atoms with Crippen LogP contribution in [0.5, 0.6) is 11.5 Å². The van der Waals surface area contributed by atoms with E-state index in [4.69, 9.17) is 4.74 Å². The molecule has 3 nitrogen and oxygen atoms in total. The van der Waals surface area contributed by atoms with Crippen LogP contribution < -0.4 is 4.74 Å². The van der Waals surface area contributed by atoms with Crippen LogP contribution in [0.15, 0.2) is 42.6 Å². The summed E-state index contributed by atoms with van der Waals surface area (Å²) in [5.74, 6) is 1.50. The number of rotatable bonds is 4. The quantitative estimate of drug-likeness (QED) is 0.891. The minimum absolute atomic E-state index is 0.502. The summed E-state index contributed by atoms with van der Waals surface area (Å²) in [6.45, 7) is 3.92. The standard InChI is InChI=1S/C15H17NO2/c1-3-14(17)13-9-8-12(10-16-13)18-15-7-5-4-6-11(15)2/h4-10,14,17H,3H2,1-2H3/t14-/m0/s1. The Kier molecular flexibility index (Phi) is 3.95. The van der Waals surface area contributed by atoms with Gasteiger partial charge >= 0.3 is 0 Å². The van der Waals surface area contributed by atoms with Gasteiger partial charge in [-0.15, -0.1) is 0 Å². The van der Waals surface area contributed by atoms with Gasteiger partial charge in [0.1, 0.15) is 11.5 Å². The van der Waals surface area contributed by atoms with Crippen LogP contribution in [0.4, 0.5) is 0 Å². The van der Waals surface area contributed by atoms with Gasteiger partial charge < -0.3 is 9.84 Å². The van der Waals surface area contributed by atoms with Crippen molar-refractivity contribution < 1.29 is 9.84 Å². The first kappa shape index (κ1) is 12.6. The number of hydrogen-bond acceptors (Lipinski definition) is 3. The lowest BCUT2D eigenvalue weighted by atomic mass is 10.2. The van der Waals surface area contributed by atoms with Crippen LogP contribution >= 0.6 is 0 Å². The zero-order valence-corrected chi connectivity index (χ0v) is 10.6. The van der Waals surface area contributed by atoms with Gasteiger partial charge in [0, 0.05) is 0 Å². The highest BCUT2D eigenvalue weighted by atomic mass is 16.5. The van der Waals surface area contributed by atoms with Gasteiger partial charge in [0.05, 0.1) is 18.0 Å². The van der Waals surface area contributed by atoms with Gasteiger partial charge in [-0.3, -0.25) is 4.98 Å². The summed E-state index contributed by atoms with van der Waals surface area (Å²) in [6.07, 6.45) is 1.79. The second-order valence-electron chi connectivity index (χ2n) is 4.21. The smallest absolute Gasteiger partial charge is 0.145 e. The largest absolute Gasteiger partial charge is 0.455 e. The van der Waals surface area contributed by atoms with Gasteiger partial charge in [0.25, 0.3) is 0 Å². The zero-order chi connectivity index (χ0) is 13.0. The molecule has 0 unspecified atom stereocenters. The third kappa shape index (κ3) is 2.87. The first-order chi connectivity index (χ1) is 8.70. The molecule has 2 rings (SSSR count). The Balaban J connectivity index is 2.14. The number of aryl methyl sites for hydroxylation is 1. The molecule has 0 radical (unpaired) electrons. The summed E-state index contributed by atoms with van der Waals surface area (Å²) in [7, 11) is 0. The summed E-state index contributed by atoms with van der Waals surface area (Å²) in [4.78, 5) is 4.20. The maximum atomic E-state index is 9.65. The molecule has 1 heterocycles. The summed E-state index contributed by atoms with van der Waals surface area (Å²) in [5, 5.41) is 9.65. The SMILES string of the molecule is CC[C@H](O)c1ccc(Oc2ccccc2C)cn1. The molecule has 1 aromatic heterocycles. The highest BCUT2D eigenvalue weighted by Gasteiger charge is 2.06. The van der Waals surface area contributed by atoms with Crippen molar-refractivity contribution in [3.05, 3.63) is 53.9 Å². The van der Waals surface area contributed by atoms with E-state index in [0.29, 0.717) is 17.9 Å². The summed E-state index contributed by atoms with van der Waals surface area (Å²) in [6, 6.07) is 11.4. The van der Waals surface area contributed by atoms with Gasteiger partial charge in [-0.1, -0.05) is 25.1 Å². The molecule has 2 aromatic rings. The number of para-hydroxylation sites is 1. The van der Waals surface area contributed by atoms with Gasteiger partial charge in [0.15, 0.2) is 0 Å². The topological polar surface area (TPSA) is 42.4 Å². The van der Waals surface area contributed by atoms with Crippen LogP contribution in [0.2, 0.25) is 0 Å². The number of benzene rings is 1. The van der Waals surface area contributed by atoms with Crippen molar-refractivity contribution in [1.29, 1.82) is 0 Å². The first-order valence-corrected chi connectivity index (χ1v) is 6.08. The van der Waals surface area contributed by atoms with E-state index in [0.717, 1.165) is 11.3 Å². The van der Waals surface area contributed by atoms with E-state index in [1.165, 1.54) is 0 Å². The van der Waals surface area contributed by atoms with Gasteiger partial charge in [-0.25, -0.2) is 0 Å². The van der Waals surface area contributed by atoms with Crippen molar-refractivity contribution in [2.45, 2.75) is 26.4 Å². The van der Waals surface area contributed by atoms with Crippen LogP contribution in [0, 0.1) is 6.92 Å². The Bertz CT molecular complexity index is 508. The lowest BCUT2D eigenvalue weighted by Gasteiger charge is -2.10. The Labute approximate surface area is 107 Å². The molecule has 0 saturated carbocycles. The number of ether oxygens (including phenoxy) is 1. The van der Waals surface area contributed by atoms with E-state index in [-0.39, 0.29) is 0 Å². The number of hydrogen-bond donors (Lipinski definition) is 1. The predicted octanol–water partition coefficient (Wildman–Crippen LogP) is 3.63. The minimum atomic E-state index is -0.502. The molecule has 0 spiro atoms. The highest BCUT2D eigenvalue weighted by Crippen LogP contribution is 2.25. The molecule has 1 aromatic carbocycles. The summed E-state index contributed by atoms with van der Waals surface area (Å²) in [5.41, 5.74) is 1.75. The molecule has 0 fully saturated rings. The molecule has 0 aliphatic heterocycles. The fourth-order valence-electron chi connectivity index (χ4n) is 1.66.